The molecule has 2 aromatic rings. The Hall–Kier alpha value is -3.15. The molecule has 0 bridgehead atoms. The summed E-state index contributed by atoms with van der Waals surface area (Å²) in [5, 5.41) is 13.6. The minimum atomic E-state index is 0.00984. The quantitative estimate of drug-likeness (QED) is 0.582. The Morgan fingerprint density at radius 3 is 3.00 bits per heavy atom. The number of benzene rings is 1. The van der Waals surface area contributed by atoms with Gasteiger partial charge in [0.25, 0.3) is 0 Å². The van der Waals surface area contributed by atoms with Crippen LogP contribution in [0.5, 0.6) is 5.75 Å². The van der Waals surface area contributed by atoms with Crippen LogP contribution in [0.2, 0.25) is 0 Å². The molecule has 1 saturated carbocycles. The first-order valence-corrected chi connectivity index (χ1v) is 13.0. The van der Waals surface area contributed by atoms with Gasteiger partial charge in [-0.25, -0.2) is 9.78 Å². The summed E-state index contributed by atoms with van der Waals surface area (Å²) < 4.78 is 11.0. The van der Waals surface area contributed by atoms with Crippen LogP contribution in [0, 0.1) is 11.3 Å². The summed E-state index contributed by atoms with van der Waals surface area (Å²) in [5.74, 6) is 0.602. The number of nitrogens with one attached hydrogen (secondary N) is 1. The molecule has 1 aliphatic carbocycles. The maximum Gasteiger partial charge on any atom is 0.318 e. The first kappa shape index (κ1) is 25.0. The second kappa shape index (κ2) is 12.0. The van der Waals surface area contributed by atoms with Gasteiger partial charge in [0.05, 0.1) is 30.9 Å². The highest BCUT2D eigenvalue weighted by atomic mass is 32.1. The van der Waals surface area contributed by atoms with E-state index < -0.39 is 0 Å². The van der Waals surface area contributed by atoms with Gasteiger partial charge >= 0.3 is 6.03 Å². The SMILES string of the molecule is CC(C)Oc1ccc(-c2ncc(C/C=C\C=C3/CCC[C@@H]3NC(=O)N3CCOCC3)s2)cc1C#N. The van der Waals surface area contributed by atoms with Gasteiger partial charge in [-0.15, -0.1) is 11.3 Å². The van der Waals surface area contributed by atoms with Gasteiger partial charge < -0.3 is 19.7 Å². The number of morpholine rings is 1. The highest BCUT2D eigenvalue weighted by Crippen LogP contribution is 2.30. The number of thiazole rings is 1. The largest absolute Gasteiger partial charge is 0.490 e. The summed E-state index contributed by atoms with van der Waals surface area (Å²) in [5.41, 5.74) is 2.72. The minimum absolute atomic E-state index is 0.00984. The number of ether oxygens (including phenoxy) is 2. The fourth-order valence-corrected chi connectivity index (χ4v) is 5.14. The molecular formula is C27H32N4O3S. The summed E-state index contributed by atoms with van der Waals surface area (Å²) in [6.07, 6.45) is 12.1. The van der Waals surface area contributed by atoms with Gasteiger partial charge in [0.2, 0.25) is 0 Å². The van der Waals surface area contributed by atoms with E-state index in [4.69, 9.17) is 9.47 Å². The van der Waals surface area contributed by atoms with E-state index >= 15 is 0 Å². The average molecular weight is 493 g/mol. The van der Waals surface area contributed by atoms with Crippen molar-refractivity contribution in [1.82, 2.24) is 15.2 Å². The predicted octanol–water partition coefficient (Wildman–Crippen LogP) is 5.09. The van der Waals surface area contributed by atoms with E-state index in [9.17, 15) is 10.1 Å². The Kier molecular flexibility index (Phi) is 8.56. The smallest absolute Gasteiger partial charge is 0.318 e. The highest BCUT2D eigenvalue weighted by Gasteiger charge is 2.25. The molecule has 1 aromatic carbocycles. The number of nitriles is 1. The van der Waals surface area contributed by atoms with Crippen molar-refractivity contribution in [2.45, 2.75) is 51.7 Å². The van der Waals surface area contributed by atoms with E-state index in [1.54, 1.807) is 11.3 Å². The zero-order chi connectivity index (χ0) is 24.6. The predicted molar refractivity (Wildman–Crippen MR) is 138 cm³/mol. The molecule has 1 aromatic heterocycles. The molecule has 2 heterocycles. The van der Waals surface area contributed by atoms with Gasteiger partial charge in [-0.3, -0.25) is 0 Å². The molecule has 0 radical (unpaired) electrons. The van der Waals surface area contributed by atoms with Gasteiger partial charge in [0.1, 0.15) is 16.8 Å². The molecule has 1 saturated heterocycles. The summed E-state index contributed by atoms with van der Waals surface area (Å²) in [6, 6.07) is 7.98. The number of carbonyl (C=O) groups excluding carboxylic acids is 1. The van der Waals surface area contributed by atoms with Gasteiger partial charge in [-0.05, 0) is 56.9 Å². The zero-order valence-corrected chi connectivity index (χ0v) is 21.1. The zero-order valence-electron chi connectivity index (χ0n) is 20.3. The van der Waals surface area contributed by atoms with Crippen LogP contribution in [-0.4, -0.2) is 54.4 Å². The third kappa shape index (κ3) is 6.71. The van der Waals surface area contributed by atoms with E-state index in [1.165, 1.54) is 5.57 Å². The van der Waals surface area contributed by atoms with E-state index in [0.29, 0.717) is 37.6 Å². The van der Waals surface area contributed by atoms with Crippen LogP contribution in [0.15, 0.2) is 48.2 Å². The van der Waals surface area contributed by atoms with E-state index in [1.807, 2.05) is 43.1 Å². The lowest BCUT2D eigenvalue weighted by atomic mass is 10.1. The fourth-order valence-electron chi connectivity index (χ4n) is 4.26. The van der Waals surface area contributed by atoms with Gasteiger partial charge in [0, 0.05) is 36.1 Å². The van der Waals surface area contributed by atoms with Crippen molar-refractivity contribution in [1.29, 1.82) is 5.26 Å². The highest BCUT2D eigenvalue weighted by molar-refractivity contribution is 7.15. The second-order valence-electron chi connectivity index (χ2n) is 8.99. The van der Waals surface area contributed by atoms with Crippen LogP contribution < -0.4 is 10.1 Å². The van der Waals surface area contributed by atoms with Crippen molar-refractivity contribution in [2.24, 2.45) is 0 Å². The van der Waals surface area contributed by atoms with Crippen molar-refractivity contribution in [3.05, 3.63) is 58.6 Å². The number of amides is 2. The maximum absolute atomic E-state index is 12.5. The van der Waals surface area contributed by atoms with Gasteiger partial charge in [0.15, 0.2) is 0 Å². The van der Waals surface area contributed by atoms with Crippen LogP contribution in [0.4, 0.5) is 4.79 Å². The summed E-state index contributed by atoms with van der Waals surface area (Å²) in [7, 11) is 0. The molecule has 2 fully saturated rings. The number of carbonyl (C=O) groups is 1. The molecule has 184 valence electrons. The number of hydrogen-bond donors (Lipinski definition) is 1. The Morgan fingerprint density at radius 1 is 1.40 bits per heavy atom. The molecule has 4 rings (SSSR count). The molecule has 0 unspecified atom stereocenters. The standard InChI is InChI=1S/C27H32N4O3S/c1-19(2)34-25-11-10-21(16-22(25)17-28)26-29-18-23(35-26)8-4-3-6-20-7-5-9-24(20)30-27(32)31-12-14-33-15-13-31/h3-4,6,10-11,16,18-19,24H,5,7-9,12-15H2,1-2H3,(H,30,32)/b4-3-,20-6+/t24-/m0/s1. The molecule has 7 nitrogen and oxygen atoms in total. The first-order chi connectivity index (χ1) is 17.0. The number of rotatable bonds is 7. The molecule has 35 heavy (non-hydrogen) atoms. The number of aromatic nitrogens is 1. The Morgan fingerprint density at radius 2 is 2.23 bits per heavy atom. The van der Waals surface area contributed by atoms with Crippen LogP contribution in [-0.2, 0) is 11.2 Å². The van der Waals surface area contributed by atoms with E-state index in [0.717, 1.165) is 41.1 Å². The third-order valence-electron chi connectivity index (χ3n) is 6.03. The monoisotopic (exact) mass is 492 g/mol. The minimum Gasteiger partial charge on any atom is -0.490 e. The topological polar surface area (TPSA) is 87.5 Å². The molecule has 1 aliphatic heterocycles. The Bertz CT molecular complexity index is 1130. The molecule has 1 atom stereocenters. The van der Waals surface area contributed by atoms with Crippen molar-refractivity contribution in [3.8, 4) is 22.4 Å². The molecule has 8 heteroatoms. The second-order valence-corrected chi connectivity index (χ2v) is 10.1. The Labute approximate surface area is 211 Å². The molecule has 2 aliphatic rings. The third-order valence-corrected chi connectivity index (χ3v) is 7.10. The summed E-state index contributed by atoms with van der Waals surface area (Å²) in [4.78, 5) is 20.1. The molecule has 0 spiro atoms. The van der Waals surface area contributed by atoms with Gasteiger partial charge in [-0.1, -0.05) is 18.2 Å². The number of urea groups is 1. The van der Waals surface area contributed by atoms with Crippen LogP contribution in [0.25, 0.3) is 10.6 Å². The van der Waals surface area contributed by atoms with Crippen LogP contribution >= 0.6 is 11.3 Å². The molecule has 2 amide bonds. The molecule has 1 N–H and O–H groups in total. The number of hydrogen-bond acceptors (Lipinski definition) is 6. The van der Waals surface area contributed by atoms with Crippen LogP contribution in [0.1, 0.15) is 43.6 Å². The van der Waals surface area contributed by atoms with E-state index in [-0.39, 0.29) is 18.2 Å². The van der Waals surface area contributed by atoms with Crippen molar-refractivity contribution >= 4 is 17.4 Å². The summed E-state index contributed by atoms with van der Waals surface area (Å²) in [6.45, 7) is 6.42. The molecular weight excluding hydrogens is 460 g/mol. The normalized spacial score (nSPS) is 19.4. The van der Waals surface area contributed by atoms with Crippen molar-refractivity contribution in [2.75, 3.05) is 26.3 Å². The lowest BCUT2D eigenvalue weighted by molar-refractivity contribution is 0.0528. The number of allylic oxidation sites excluding steroid dienone is 3. The van der Waals surface area contributed by atoms with Crippen LogP contribution in [0.3, 0.4) is 0 Å². The lowest BCUT2D eigenvalue weighted by Gasteiger charge is -2.28. The summed E-state index contributed by atoms with van der Waals surface area (Å²) >= 11 is 1.63. The Balaban J connectivity index is 1.33. The van der Waals surface area contributed by atoms with Gasteiger partial charge in [-0.2, -0.15) is 5.26 Å². The number of nitrogens with zero attached hydrogens (tertiary/aromatic N) is 3. The maximum atomic E-state index is 12.5. The van der Waals surface area contributed by atoms with Crippen molar-refractivity contribution < 1.29 is 14.3 Å². The first-order valence-electron chi connectivity index (χ1n) is 12.2. The lowest BCUT2D eigenvalue weighted by Crippen LogP contribution is -2.49. The van der Waals surface area contributed by atoms with Crippen molar-refractivity contribution in [3.63, 3.8) is 0 Å². The fraction of sp³-hybridized carbons (Fsp3) is 0.444. The van der Waals surface area contributed by atoms with E-state index in [2.05, 4.69) is 34.6 Å². The average Bonchev–Trinajstić information content (AvgIpc) is 3.52.